The number of benzene rings is 1. The number of nitrogens with zero attached hydrogens (tertiary/aromatic N) is 5. The van der Waals surface area contributed by atoms with Crippen LogP contribution >= 0.6 is 0 Å². The molecular weight excluding hydrogens is 609 g/mol. The van der Waals surface area contributed by atoms with E-state index in [4.69, 9.17) is 19.3 Å². The normalized spacial score (nSPS) is 27.6. The smallest absolute Gasteiger partial charge is 0.417 e. The number of hydrogen-bond acceptors (Lipinski definition) is 9. The number of piperazine rings is 1. The van der Waals surface area contributed by atoms with Gasteiger partial charge in [0.2, 0.25) is 0 Å². The largest absolute Gasteiger partial charge is 0.461 e. The number of aromatic nitrogens is 3. The van der Waals surface area contributed by atoms with Gasteiger partial charge in [-0.2, -0.15) is 23.1 Å². The maximum absolute atomic E-state index is 16.7. The Kier molecular flexibility index (Phi) is 6.56. The van der Waals surface area contributed by atoms with Gasteiger partial charge in [0.15, 0.2) is 11.6 Å². The third kappa shape index (κ3) is 5.05. The summed E-state index contributed by atoms with van der Waals surface area (Å²) in [7, 11) is -2.62. The van der Waals surface area contributed by atoms with Crippen molar-refractivity contribution in [1.82, 2.24) is 25.2 Å². The van der Waals surface area contributed by atoms with E-state index in [1.54, 1.807) is 0 Å². The molecule has 2 bridgehead atoms. The molecule has 6 heterocycles. The number of ether oxygens (including phenoxy) is 2. The summed E-state index contributed by atoms with van der Waals surface area (Å²) in [5, 5.41) is 3.52. The van der Waals surface area contributed by atoms with Crippen LogP contribution < -0.4 is 20.7 Å². The minimum atomic E-state index is -5.05. The minimum Gasteiger partial charge on any atom is -0.461 e. The first kappa shape index (κ1) is 27.5. The van der Waals surface area contributed by atoms with Gasteiger partial charge >= 0.3 is 12.2 Å². The van der Waals surface area contributed by atoms with Crippen LogP contribution in [-0.4, -0.2) is 83.4 Å². The molecule has 0 saturated carbocycles. The number of halogens is 5. The maximum Gasteiger partial charge on any atom is 0.417 e. The lowest BCUT2D eigenvalue weighted by molar-refractivity contribution is -0.137. The van der Waals surface area contributed by atoms with Gasteiger partial charge in [-0.3, -0.25) is 9.88 Å². The van der Waals surface area contributed by atoms with Gasteiger partial charge in [-0.25, -0.2) is 8.78 Å². The Balaban J connectivity index is 1.35. The second-order valence-electron chi connectivity index (χ2n) is 13.2. The Hall–Kier alpha value is -3.62. The van der Waals surface area contributed by atoms with Gasteiger partial charge in [-0.05, 0) is 57.2 Å². The molecule has 0 radical (unpaired) electrons. The monoisotopic (exact) mass is 648 g/mol. The van der Waals surface area contributed by atoms with E-state index in [0.29, 0.717) is 25.8 Å². The summed E-state index contributed by atoms with van der Waals surface area (Å²) in [5.74, 6) is -2.55. The van der Waals surface area contributed by atoms with Crippen LogP contribution in [0.1, 0.15) is 47.3 Å². The zero-order valence-electron chi connectivity index (χ0n) is 28.2. The molecule has 4 aliphatic rings. The molecule has 3 aromatic rings. The highest BCUT2D eigenvalue weighted by molar-refractivity contribution is 5.92. The predicted octanol–water partition coefficient (Wildman–Crippen LogP) is 5.01. The first-order chi connectivity index (χ1) is 23.0. The van der Waals surface area contributed by atoms with Gasteiger partial charge in [0.1, 0.15) is 23.6 Å². The van der Waals surface area contributed by atoms with Crippen molar-refractivity contribution in [3.05, 3.63) is 47.2 Å². The second kappa shape index (κ2) is 11.0. The molecule has 0 amide bonds. The van der Waals surface area contributed by atoms with E-state index in [0.717, 1.165) is 50.7 Å². The summed E-state index contributed by atoms with van der Waals surface area (Å²) in [6.45, 7) is 7.49. The van der Waals surface area contributed by atoms with Gasteiger partial charge in [0.05, 0.1) is 44.0 Å². The van der Waals surface area contributed by atoms with Crippen molar-refractivity contribution in [2.75, 3.05) is 57.1 Å². The fourth-order valence-corrected chi connectivity index (χ4v) is 8.00. The third-order valence-corrected chi connectivity index (χ3v) is 9.92. The zero-order valence-corrected chi connectivity index (χ0v) is 25.2. The van der Waals surface area contributed by atoms with Gasteiger partial charge in [0, 0.05) is 38.9 Å². The minimum absolute atomic E-state index is 0.0614. The first-order valence-corrected chi connectivity index (χ1v) is 15.2. The van der Waals surface area contributed by atoms with Gasteiger partial charge in [0.25, 0.3) is 0 Å². The van der Waals surface area contributed by atoms with E-state index < -0.39 is 64.0 Å². The number of aryl methyl sites for hydroxylation is 1. The molecule has 2 aromatic heterocycles. The van der Waals surface area contributed by atoms with E-state index in [2.05, 4.69) is 31.7 Å². The summed E-state index contributed by atoms with van der Waals surface area (Å²) in [6.07, 6.45) is -0.113. The van der Waals surface area contributed by atoms with E-state index >= 15 is 8.78 Å². The topological polar surface area (TPSA) is 102 Å². The number of fused-ring (bicyclic) bond motifs is 4. The van der Waals surface area contributed by atoms with Crippen LogP contribution in [0.25, 0.3) is 22.2 Å². The highest BCUT2D eigenvalue weighted by atomic mass is 19.4. The molecule has 9 nitrogen and oxygen atoms in total. The van der Waals surface area contributed by atoms with Crippen LogP contribution in [-0.2, 0) is 10.9 Å². The predicted molar refractivity (Wildman–Crippen MR) is 163 cm³/mol. The van der Waals surface area contributed by atoms with Crippen molar-refractivity contribution in [2.24, 2.45) is 0 Å². The van der Waals surface area contributed by atoms with Crippen molar-refractivity contribution in [3.63, 3.8) is 0 Å². The second-order valence-corrected chi connectivity index (χ2v) is 13.2. The molecule has 0 aliphatic carbocycles. The molecule has 246 valence electrons. The Morgan fingerprint density at radius 2 is 2.04 bits per heavy atom. The quantitative estimate of drug-likeness (QED) is 0.208. The molecule has 4 aliphatic heterocycles. The Morgan fingerprint density at radius 1 is 1.22 bits per heavy atom. The number of pyridine rings is 1. The van der Waals surface area contributed by atoms with Crippen LogP contribution in [0.3, 0.4) is 0 Å². The first-order valence-electron chi connectivity index (χ1n) is 16.7. The van der Waals surface area contributed by atoms with E-state index in [-0.39, 0.29) is 48.6 Å². The van der Waals surface area contributed by atoms with Crippen molar-refractivity contribution in [2.45, 2.75) is 62.3 Å². The molecular formula is C32H36F5N7O2. The number of nitrogen functional groups attached to an aromatic ring is 1. The molecule has 7 rings (SSSR count). The Labute approximate surface area is 267 Å². The van der Waals surface area contributed by atoms with Crippen LogP contribution in [0, 0.1) is 18.6 Å². The number of hydrogen-bond donors (Lipinski definition) is 2. The van der Waals surface area contributed by atoms with E-state index in [1.807, 2.05) is 4.90 Å². The molecule has 3 atom stereocenters. The summed E-state index contributed by atoms with van der Waals surface area (Å²) in [5.41, 5.74) is 0.869. The molecule has 2 unspecified atom stereocenters. The zero-order chi connectivity index (χ0) is 35.1. The molecule has 46 heavy (non-hydrogen) atoms. The number of anilines is 2. The highest BCUT2D eigenvalue weighted by Crippen LogP contribution is 2.45. The van der Waals surface area contributed by atoms with E-state index in [1.165, 1.54) is 0 Å². The van der Waals surface area contributed by atoms with Crippen molar-refractivity contribution in [3.8, 4) is 17.3 Å². The van der Waals surface area contributed by atoms with Gasteiger partial charge in [-0.1, -0.05) is 12.2 Å². The number of methoxy groups -OCH3 is 1. The lowest BCUT2D eigenvalue weighted by Gasteiger charge is -2.41. The standard InChI is InChI=1S/C32H36F5N7O2/c1-17-10-31(6-4-8-44(31)12-17)16-46-29-40-26-20(28(41-29)43-13-19-5-7-30(14-43,42-19)15-45-3)11-39-27(25(26)34)22-23(32(35,36)37)18(2)9-21(38)24(22)33/h9,11,19,42H,1,4-8,10,12-16,38H2,2-3H3/t19?,30?,31-/m0/s1/i3D3. The Bertz CT molecular complexity index is 1840. The lowest BCUT2D eigenvalue weighted by Crippen LogP contribution is -2.61. The van der Waals surface area contributed by atoms with E-state index in [9.17, 15) is 13.2 Å². The van der Waals surface area contributed by atoms with Crippen molar-refractivity contribution < 1.29 is 35.5 Å². The number of rotatable bonds is 7. The summed E-state index contributed by atoms with van der Waals surface area (Å²) in [4.78, 5) is 17.2. The Morgan fingerprint density at radius 3 is 2.83 bits per heavy atom. The average molecular weight is 649 g/mol. The van der Waals surface area contributed by atoms with Gasteiger partial charge < -0.3 is 25.4 Å². The van der Waals surface area contributed by atoms with Crippen LogP contribution in [0.4, 0.5) is 33.5 Å². The van der Waals surface area contributed by atoms with Crippen LogP contribution in [0.5, 0.6) is 6.01 Å². The molecule has 1 aromatic carbocycles. The van der Waals surface area contributed by atoms with Crippen LogP contribution in [0.15, 0.2) is 24.4 Å². The molecule has 3 N–H and O–H groups in total. The SMILES string of the molecule is [2H]C([2H])([2H])OCC12CCC(CN(c3nc(OC[C@@]45CCCN4CC(=C)C5)nc4c(F)c(-c5c(F)c(N)cc(C)c5C(F)(F)F)ncc34)C1)N2. The van der Waals surface area contributed by atoms with Crippen molar-refractivity contribution >= 4 is 22.4 Å². The summed E-state index contributed by atoms with van der Waals surface area (Å²) < 4.78 is 109. The number of nitrogens with two attached hydrogens (primary N) is 1. The summed E-state index contributed by atoms with van der Waals surface area (Å²) in [6, 6.07) is 0.548. The fraction of sp³-hybridized carbons (Fsp3) is 0.531. The van der Waals surface area contributed by atoms with Crippen LogP contribution in [0.2, 0.25) is 0 Å². The molecule has 4 fully saturated rings. The average Bonchev–Trinajstić information content (AvgIpc) is 3.64. The van der Waals surface area contributed by atoms with Crippen molar-refractivity contribution in [1.29, 1.82) is 0 Å². The molecule has 4 saturated heterocycles. The fourth-order valence-electron chi connectivity index (χ4n) is 8.00. The lowest BCUT2D eigenvalue weighted by atomic mass is 9.94. The summed E-state index contributed by atoms with van der Waals surface area (Å²) >= 11 is 0. The molecule has 14 heteroatoms. The maximum atomic E-state index is 16.7. The third-order valence-electron chi connectivity index (χ3n) is 9.92. The van der Waals surface area contributed by atoms with Gasteiger partial charge in [-0.15, -0.1) is 0 Å². The number of nitrogens with one attached hydrogen (secondary N) is 1. The number of alkyl halides is 3. The highest BCUT2D eigenvalue weighted by Gasteiger charge is 2.48. The molecule has 0 spiro atoms.